The maximum absolute atomic E-state index is 12.7. The predicted octanol–water partition coefficient (Wildman–Crippen LogP) is 3.32. The number of benzene rings is 2. The van der Waals surface area contributed by atoms with Gasteiger partial charge in [0.2, 0.25) is 0 Å². The Labute approximate surface area is 132 Å². The highest BCUT2D eigenvalue weighted by Gasteiger charge is 2.03. The topological polar surface area (TPSA) is 50.7 Å². The SMILES string of the molecule is Cc1cc(OCC(=O)NN=Cc2ccc(F)cc2)ccc1Cl. The van der Waals surface area contributed by atoms with Crippen LogP contribution in [0.25, 0.3) is 0 Å². The van der Waals surface area contributed by atoms with Gasteiger partial charge in [0.25, 0.3) is 5.91 Å². The molecule has 0 saturated carbocycles. The summed E-state index contributed by atoms with van der Waals surface area (Å²) in [5.41, 5.74) is 3.87. The second-order valence-electron chi connectivity index (χ2n) is 4.54. The summed E-state index contributed by atoms with van der Waals surface area (Å²) < 4.78 is 18.0. The van der Waals surface area contributed by atoms with Crippen LogP contribution in [0.5, 0.6) is 5.75 Å². The van der Waals surface area contributed by atoms with Crippen LogP contribution in [0, 0.1) is 12.7 Å². The molecule has 0 unspecified atom stereocenters. The van der Waals surface area contributed by atoms with E-state index < -0.39 is 5.91 Å². The molecule has 6 heteroatoms. The van der Waals surface area contributed by atoms with Crippen LogP contribution in [0.1, 0.15) is 11.1 Å². The van der Waals surface area contributed by atoms with Gasteiger partial charge in [0.05, 0.1) is 6.21 Å². The Morgan fingerprint density at radius 1 is 1.32 bits per heavy atom. The molecule has 2 aromatic carbocycles. The van der Waals surface area contributed by atoms with Crippen LogP contribution in [0.2, 0.25) is 5.02 Å². The third-order valence-corrected chi connectivity index (χ3v) is 3.20. The summed E-state index contributed by atoms with van der Waals surface area (Å²) >= 11 is 5.90. The summed E-state index contributed by atoms with van der Waals surface area (Å²) in [4.78, 5) is 11.6. The zero-order valence-electron chi connectivity index (χ0n) is 11.8. The van der Waals surface area contributed by atoms with E-state index >= 15 is 0 Å². The number of nitrogens with zero attached hydrogens (tertiary/aromatic N) is 1. The molecule has 0 atom stereocenters. The molecule has 1 amide bonds. The van der Waals surface area contributed by atoms with Gasteiger partial charge in [-0.15, -0.1) is 0 Å². The number of ether oxygens (including phenoxy) is 1. The molecule has 2 aromatic rings. The molecule has 114 valence electrons. The molecule has 0 saturated heterocycles. The first-order valence-corrected chi connectivity index (χ1v) is 6.89. The number of amides is 1. The van der Waals surface area contributed by atoms with Gasteiger partial charge in [0.1, 0.15) is 11.6 Å². The Morgan fingerprint density at radius 3 is 2.73 bits per heavy atom. The van der Waals surface area contributed by atoms with Crippen molar-refractivity contribution < 1.29 is 13.9 Å². The van der Waals surface area contributed by atoms with Crippen molar-refractivity contribution in [1.82, 2.24) is 5.43 Å². The highest BCUT2D eigenvalue weighted by molar-refractivity contribution is 6.31. The summed E-state index contributed by atoms with van der Waals surface area (Å²) in [7, 11) is 0. The molecule has 0 aliphatic rings. The van der Waals surface area contributed by atoms with Crippen molar-refractivity contribution in [1.29, 1.82) is 0 Å². The van der Waals surface area contributed by atoms with E-state index in [2.05, 4.69) is 10.5 Å². The second-order valence-corrected chi connectivity index (χ2v) is 4.95. The van der Waals surface area contributed by atoms with Gasteiger partial charge in [-0.2, -0.15) is 5.10 Å². The van der Waals surface area contributed by atoms with Crippen LogP contribution in [0.3, 0.4) is 0 Å². The average molecular weight is 321 g/mol. The third-order valence-electron chi connectivity index (χ3n) is 2.77. The average Bonchev–Trinajstić information content (AvgIpc) is 2.50. The number of halogens is 2. The summed E-state index contributed by atoms with van der Waals surface area (Å²) in [6.07, 6.45) is 1.42. The van der Waals surface area contributed by atoms with Gasteiger partial charge in [0.15, 0.2) is 6.61 Å². The van der Waals surface area contributed by atoms with Crippen LogP contribution < -0.4 is 10.2 Å². The quantitative estimate of drug-likeness (QED) is 0.678. The molecule has 0 heterocycles. The van der Waals surface area contributed by atoms with Crippen LogP contribution in [-0.4, -0.2) is 18.7 Å². The first kappa shape index (κ1) is 16.0. The smallest absolute Gasteiger partial charge is 0.277 e. The Bertz CT molecular complexity index is 687. The largest absolute Gasteiger partial charge is 0.484 e. The molecular weight excluding hydrogens is 307 g/mol. The molecule has 0 spiro atoms. The fourth-order valence-electron chi connectivity index (χ4n) is 1.62. The number of aryl methyl sites for hydroxylation is 1. The first-order chi connectivity index (χ1) is 10.5. The third kappa shape index (κ3) is 4.86. The summed E-state index contributed by atoms with van der Waals surface area (Å²) in [6, 6.07) is 10.9. The monoisotopic (exact) mass is 320 g/mol. The van der Waals surface area contributed by atoms with E-state index in [1.165, 1.54) is 18.3 Å². The fraction of sp³-hybridized carbons (Fsp3) is 0.125. The molecule has 0 radical (unpaired) electrons. The van der Waals surface area contributed by atoms with Crippen LogP contribution in [-0.2, 0) is 4.79 Å². The lowest BCUT2D eigenvalue weighted by Crippen LogP contribution is -2.24. The number of carbonyl (C=O) groups is 1. The van der Waals surface area contributed by atoms with Crippen molar-refractivity contribution >= 4 is 23.7 Å². The molecule has 0 aliphatic carbocycles. The predicted molar refractivity (Wildman–Crippen MR) is 83.8 cm³/mol. The lowest BCUT2D eigenvalue weighted by molar-refractivity contribution is -0.123. The number of hydrogen-bond acceptors (Lipinski definition) is 3. The van der Waals surface area contributed by atoms with E-state index in [1.807, 2.05) is 6.92 Å². The van der Waals surface area contributed by atoms with Crippen molar-refractivity contribution in [3.63, 3.8) is 0 Å². The number of nitrogens with one attached hydrogen (secondary N) is 1. The number of hydrogen-bond donors (Lipinski definition) is 1. The van der Waals surface area contributed by atoms with Crippen molar-refractivity contribution in [2.75, 3.05) is 6.61 Å². The molecule has 22 heavy (non-hydrogen) atoms. The highest BCUT2D eigenvalue weighted by atomic mass is 35.5. The van der Waals surface area contributed by atoms with Gasteiger partial charge in [-0.3, -0.25) is 4.79 Å². The Morgan fingerprint density at radius 2 is 2.05 bits per heavy atom. The van der Waals surface area contributed by atoms with Crippen molar-refractivity contribution in [2.45, 2.75) is 6.92 Å². The van der Waals surface area contributed by atoms with Gasteiger partial charge in [-0.1, -0.05) is 23.7 Å². The van der Waals surface area contributed by atoms with Crippen molar-refractivity contribution in [2.24, 2.45) is 5.10 Å². The molecule has 0 aromatic heterocycles. The van der Waals surface area contributed by atoms with E-state index in [0.29, 0.717) is 16.3 Å². The molecule has 0 aliphatic heterocycles. The first-order valence-electron chi connectivity index (χ1n) is 6.51. The van der Waals surface area contributed by atoms with Gasteiger partial charge < -0.3 is 4.74 Å². The molecule has 0 bridgehead atoms. The Kier molecular flexibility index (Phi) is 5.49. The molecule has 4 nitrogen and oxygen atoms in total. The zero-order valence-corrected chi connectivity index (χ0v) is 12.6. The van der Waals surface area contributed by atoms with E-state index in [4.69, 9.17) is 16.3 Å². The minimum absolute atomic E-state index is 0.165. The number of carbonyl (C=O) groups excluding carboxylic acids is 1. The molecule has 1 N–H and O–H groups in total. The maximum Gasteiger partial charge on any atom is 0.277 e. The molecule has 0 fully saturated rings. The van der Waals surface area contributed by atoms with E-state index in [1.54, 1.807) is 30.3 Å². The Hall–Kier alpha value is -2.40. The lowest BCUT2D eigenvalue weighted by atomic mass is 10.2. The van der Waals surface area contributed by atoms with E-state index in [-0.39, 0.29) is 12.4 Å². The van der Waals surface area contributed by atoms with Gasteiger partial charge in [0, 0.05) is 5.02 Å². The highest BCUT2D eigenvalue weighted by Crippen LogP contribution is 2.20. The van der Waals surface area contributed by atoms with Crippen molar-refractivity contribution in [3.05, 3.63) is 64.4 Å². The second kappa shape index (κ2) is 7.56. The minimum atomic E-state index is -0.397. The van der Waals surface area contributed by atoms with Crippen molar-refractivity contribution in [3.8, 4) is 5.75 Å². The minimum Gasteiger partial charge on any atom is -0.484 e. The standard InChI is InChI=1S/C16H14ClFN2O2/c1-11-8-14(6-7-15(11)17)22-10-16(21)20-19-9-12-2-4-13(18)5-3-12/h2-9H,10H2,1H3,(H,20,21). The van der Waals surface area contributed by atoms with Gasteiger partial charge in [-0.05, 0) is 48.4 Å². The zero-order chi connectivity index (χ0) is 15.9. The summed E-state index contributed by atoms with van der Waals surface area (Å²) in [6.45, 7) is 1.68. The van der Waals surface area contributed by atoms with E-state index in [0.717, 1.165) is 5.56 Å². The van der Waals surface area contributed by atoms with Crippen LogP contribution in [0.15, 0.2) is 47.6 Å². The molecule has 2 rings (SSSR count). The number of rotatable bonds is 5. The Balaban J connectivity index is 1.80. The maximum atomic E-state index is 12.7. The van der Waals surface area contributed by atoms with Gasteiger partial charge in [-0.25, -0.2) is 9.82 Å². The van der Waals surface area contributed by atoms with Gasteiger partial charge >= 0.3 is 0 Å². The van der Waals surface area contributed by atoms with Crippen LogP contribution >= 0.6 is 11.6 Å². The lowest BCUT2D eigenvalue weighted by Gasteiger charge is -2.06. The number of hydrazone groups is 1. The van der Waals surface area contributed by atoms with E-state index in [9.17, 15) is 9.18 Å². The summed E-state index contributed by atoms with van der Waals surface area (Å²) in [5, 5.41) is 4.41. The molecular formula is C16H14ClFN2O2. The normalized spacial score (nSPS) is 10.7. The van der Waals surface area contributed by atoms with Crippen LogP contribution in [0.4, 0.5) is 4.39 Å². The summed E-state index contributed by atoms with van der Waals surface area (Å²) in [5.74, 6) is -0.168. The fourth-order valence-corrected chi connectivity index (χ4v) is 1.73.